The molecule has 0 atom stereocenters. The Bertz CT molecular complexity index is 1140. The Labute approximate surface area is 162 Å². The SMILES string of the molecule is O=C(CSc1nnc2scc(-c3ccccc3)n12)c1ccc2c(c1)OCO2. The van der Waals surface area contributed by atoms with Crippen LogP contribution >= 0.6 is 23.1 Å². The number of fused-ring (bicyclic) bond motifs is 2. The molecule has 0 bridgehead atoms. The van der Waals surface area contributed by atoms with Crippen molar-refractivity contribution in [3.63, 3.8) is 0 Å². The number of nitrogens with zero attached hydrogens (tertiary/aromatic N) is 3. The molecular formula is C19H13N3O3S2. The molecule has 2 aromatic heterocycles. The number of ether oxygens (including phenoxy) is 2. The molecule has 3 heterocycles. The zero-order chi connectivity index (χ0) is 18.2. The number of thiazole rings is 1. The largest absolute Gasteiger partial charge is 0.454 e. The highest BCUT2D eigenvalue weighted by atomic mass is 32.2. The Morgan fingerprint density at radius 3 is 2.85 bits per heavy atom. The van der Waals surface area contributed by atoms with E-state index in [0.717, 1.165) is 16.2 Å². The van der Waals surface area contributed by atoms with Crippen LogP contribution in [-0.4, -0.2) is 32.9 Å². The molecule has 0 N–H and O–H groups in total. The standard InChI is InChI=1S/C19H13N3O3S2/c23-15(13-6-7-16-17(8-13)25-11-24-16)10-27-19-21-20-18-22(19)14(9-26-18)12-4-2-1-3-5-12/h1-9H,10-11H2. The Morgan fingerprint density at radius 1 is 1.11 bits per heavy atom. The van der Waals surface area contributed by atoms with Gasteiger partial charge in [0.1, 0.15) is 0 Å². The van der Waals surface area contributed by atoms with Gasteiger partial charge >= 0.3 is 0 Å². The lowest BCUT2D eigenvalue weighted by Gasteiger charge is -2.04. The van der Waals surface area contributed by atoms with Gasteiger partial charge < -0.3 is 9.47 Å². The zero-order valence-corrected chi connectivity index (χ0v) is 15.6. The van der Waals surface area contributed by atoms with Crippen LogP contribution in [-0.2, 0) is 0 Å². The number of Topliss-reactive ketones (excluding diaryl/α,β-unsaturated/α-hetero) is 1. The number of carbonyl (C=O) groups is 1. The first kappa shape index (κ1) is 16.3. The minimum absolute atomic E-state index is 0.00606. The predicted molar refractivity (Wildman–Crippen MR) is 104 cm³/mol. The van der Waals surface area contributed by atoms with Crippen LogP contribution < -0.4 is 9.47 Å². The summed E-state index contributed by atoms with van der Waals surface area (Å²) in [6.07, 6.45) is 0. The topological polar surface area (TPSA) is 65.7 Å². The Balaban J connectivity index is 1.39. The van der Waals surface area contributed by atoms with Crippen molar-refractivity contribution in [2.45, 2.75) is 5.16 Å². The number of benzene rings is 2. The maximum absolute atomic E-state index is 12.6. The van der Waals surface area contributed by atoms with Crippen molar-refractivity contribution in [1.82, 2.24) is 14.6 Å². The van der Waals surface area contributed by atoms with Crippen molar-refractivity contribution in [3.05, 3.63) is 59.5 Å². The highest BCUT2D eigenvalue weighted by molar-refractivity contribution is 7.99. The molecule has 0 aliphatic carbocycles. The van der Waals surface area contributed by atoms with Crippen molar-refractivity contribution in [2.75, 3.05) is 12.5 Å². The molecule has 0 radical (unpaired) electrons. The van der Waals surface area contributed by atoms with Crippen LogP contribution in [0.5, 0.6) is 11.5 Å². The summed E-state index contributed by atoms with van der Waals surface area (Å²) in [6.45, 7) is 0.194. The lowest BCUT2D eigenvalue weighted by atomic mass is 10.1. The van der Waals surface area contributed by atoms with Crippen molar-refractivity contribution in [2.24, 2.45) is 0 Å². The monoisotopic (exact) mass is 395 g/mol. The second kappa shape index (κ2) is 6.71. The number of carbonyl (C=O) groups excluding carboxylic acids is 1. The summed E-state index contributed by atoms with van der Waals surface area (Å²) in [6, 6.07) is 15.3. The minimum Gasteiger partial charge on any atom is -0.454 e. The van der Waals surface area contributed by atoms with Crippen LogP contribution in [0.4, 0.5) is 0 Å². The van der Waals surface area contributed by atoms with Gasteiger partial charge in [0, 0.05) is 10.9 Å². The number of hydrogen-bond donors (Lipinski definition) is 0. The van der Waals surface area contributed by atoms with Gasteiger partial charge in [-0.25, -0.2) is 0 Å². The van der Waals surface area contributed by atoms with Gasteiger partial charge in [0.2, 0.25) is 11.8 Å². The molecule has 6 nitrogen and oxygen atoms in total. The second-order valence-electron chi connectivity index (χ2n) is 5.87. The van der Waals surface area contributed by atoms with E-state index >= 15 is 0 Å². The van der Waals surface area contributed by atoms with E-state index in [1.54, 1.807) is 18.2 Å². The van der Waals surface area contributed by atoms with Gasteiger partial charge in [0.05, 0.1) is 11.4 Å². The fourth-order valence-electron chi connectivity index (χ4n) is 2.88. The summed E-state index contributed by atoms with van der Waals surface area (Å²) in [5, 5.41) is 11.2. The van der Waals surface area contributed by atoms with E-state index in [4.69, 9.17) is 9.47 Å². The van der Waals surface area contributed by atoms with Gasteiger partial charge in [-0.15, -0.1) is 21.5 Å². The van der Waals surface area contributed by atoms with Gasteiger partial charge in [-0.2, -0.15) is 0 Å². The molecule has 5 rings (SSSR count). The van der Waals surface area contributed by atoms with Crippen molar-refractivity contribution < 1.29 is 14.3 Å². The first-order valence-electron chi connectivity index (χ1n) is 8.23. The van der Waals surface area contributed by atoms with Gasteiger partial charge in [0.15, 0.2) is 22.4 Å². The van der Waals surface area contributed by atoms with Crippen molar-refractivity contribution in [3.8, 4) is 22.8 Å². The number of aromatic nitrogens is 3. The molecule has 27 heavy (non-hydrogen) atoms. The molecule has 4 aromatic rings. The molecule has 0 saturated carbocycles. The van der Waals surface area contributed by atoms with E-state index < -0.39 is 0 Å². The molecule has 134 valence electrons. The zero-order valence-electron chi connectivity index (χ0n) is 14.0. The van der Waals surface area contributed by atoms with Crippen molar-refractivity contribution >= 4 is 33.8 Å². The third kappa shape index (κ3) is 2.96. The van der Waals surface area contributed by atoms with Gasteiger partial charge in [-0.05, 0) is 23.8 Å². The normalized spacial score (nSPS) is 12.6. The first-order chi connectivity index (χ1) is 13.3. The molecule has 8 heteroatoms. The Kier molecular flexibility index (Phi) is 4.06. The summed E-state index contributed by atoms with van der Waals surface area (Å²) in [5.41, 5.74) is 2.72. The molecule has 1 aliphatic rings. The molecule has 2 aromatic carbocycles. The summed E-state index contributed by atoms with van der Waals surface area (Å²) in [4.78, 5) is 13.4. The minimum atomic E-state index is 0.00606. The van der Waals surface area contributed by atoms with Crippen LogP contribution in [0.1, 0.15) is 10.4 Å². The molecule has 1 aliphatic heterocycles. The van der Waals surface area contributed by atoms with E-state index in [2.05, 4.69) is 15.6 Å². The Morgan fingerprint density at radius 2 is 1.96 bits per heavy atom. The highest BCUT2D eigenvalue weighted by Crippen LogP contribution is 2.33. The molecule has 0 spiro atoms. The summed E-state index contributed by atoms with van der Waals surface area (Å²) in [5.74, 6) is 1.56. The lowest BCUT2D eigenvalue weighted by molar-refractivity contribution is 0.102. The van der Waals surface area contributed by atoms with E-state index in [1.165, 1.54) is 23.1 Å². The average Bonchev–Trinajstić information content (AvgIpc) is 3.42. The molecule has 0 unspecified atom stereocenters. The van der Waals surface area contributed by atoms with Gasteiger partial charge in [-0.3, -0.25) is 9.20 Å². The van der Waals surface area contributed by atoms with Crippen LogP contribution in [0, 0.1) is 0 Å². The van der Waals surface area contributed by atoms with E-state index in [0.29, 0.717) is 22.2 Å². The maximum Gasteiger partial charge on any atom is 0.231 e. The summed E-state index contributed by atoms with van der Waals surface area (Å²) in [7, 11) is 0. The average molecular weight is 395 g/mol. The third-order valence-electron chi connectivity index (χ3n) is 4.22. The molecule has 0 saturated heterocycles. The lowest BCUT2D eigenvalue weighted by Crippen LogP contribution is -2.03. The van der Waals surface area contributed by atoms with E-state index in [-0.39, 0.29) is 18.3 Å². The fourth-order valence-corrected chi connectivity index (χ4v) is 4.62. The fraction of sp³-hybridized carbons (Fsp3) is 0.105. The smallest absolute Gasteiger partial charge is 0.231 e. The quantitative estimate of drug-likeness (QED) is 0.373. The van der Waals surface area contributed by atoms with Crippen LogP contribution in [0.3, 0.4) is 0 Å². The number of ketones is 1. The summed E-state index contributed by atoms with van der Waals surface area (Å²) < 4.78 is 12.6. The highest BCUT2D eigenvalue weighted by Gasteiger charge is 2.18. The third-order valence-corrected chi connectivity index (χ3v) is 5.96. The number of rotatable bonds is 5. The maximum atomic E-state index is 12.6. The van der Waals surface area contributed by atoms with E-state index in [9.17, 15) is 4.79 Å². The van der Waals surface area contributed by atoms with Gasteiger partial charge in [0.25, 0.3) is 0 Å². The number of thioether (sulfide) groups is 1. The number of hydrogen-bond acceptors (Lipinski definition) is 7. The first-order valence-corrected chi connectivity index (χ1v) is 10.1. The van der Waals surface area contributed by atoms with Crippen LogP contribution in [0.25, 0.3) is 16.2 Å². The van der Waals surface area contributed by atoms with E-state index in [1.807, 2.05) is 34.7 Å². The van der Waals surface area contributed by atoms with Crippen LogP contribution in [0.2, 0.25) is 0 Å². The van der Waals surface area contributed by atoms with Gasteiger partial charge in [-0.1, -0.05) is 42.1 Å². The van der Waals surface area contributed by atoms with Crippen LogP contribution in [0.15, 0.2) is 59.1 Å². The molecule has 0 amide bonds. The van der Waals surface area contributed by atoms with Crippen molar-refractivity contribution in [1.29, 1.82) is 0 Å². The summed E-state index contributed by atoms with van der Waals surface area (Å²) >= 11 is 2.92. The molecular weight excluding hydrogens is 382 g/mol. The predicted octanol–water partition coefficient (Wildman–Crippen LogP) is 4.16. The molecule has 0 fully saturated rings. The Hall–Kier alpha value is -2.84. The second-order valence-corrected chi connectivity index (χ2v) is 7.65.